The zero-order chi connectivity index (χ0) is 26.1. The van der Waals surface area contributed by atoms with Gasteiger partial charge in [0, 0.05) is 14.2 Å². The second-order valence-electron chi connectivity index (χ2n) is 8.55. The molecule has 0 bridgehead atoms. The number of benzene rings is 2. The lowest BCUT2D eigenvalue weighted by Crippen LogP contribution is -2.49. The van der Waals surface area contributed by atoms with Crippen LogP contribution in [-0.2, 0) is 29.1 Å². The lowest BCUT2D eigenvalue weighted by Gasteiger charge is -2.31. The topological polar surface area (TPSA) is 102 Å². The van der Waals surface area contributed by atoms with Crippen LogP contribution in [0.15, 0.2) is 35.2 Å². The SMILES string of the molecule is COc1ccc(N2C(=O)CC(N(CC(OC)OC)S(=O)(=O)c3c(C)c(C)cc(C)c3C)C2=O)cc1. The maximum absolute atomic E-state index is 14.1. The van der Waals surface area contributed by atoms with E-state index in [4.69, 9.17) is 14.2 Å². The fourth-order valence-electron chi connectivity index (χ4n) is 4.31. The molecule has 2 aromatic carbocycles. The lowest BCUT2D eigenvalue weighted by atomic mass is 10.0. The van der Waals surface area contributed by atoms with Crippen molar-refractivity contribution in [3.05, 3.63) is 52.6 Å². The average Bonchev–Trinajstić information content (AvgIpc) is 3.11. The van der Waals surface area contributed by atoms with Gasteiger partial charge in [-0.3, -0.25) is 9.59 Å². The fraction of sp³-hybridized carbons (Fsp3) is 0.440. The van der Waals surface area contributed by atoms with Crippen LogP contribution in [0.25, 0.3) is 0 Å². The Kier molecular flexibility index (Phi) is 8.00. The summed E-state index contributed by atoms with van der Waals surface area (Å²) in [5.41, 5.74) is 3.15. The number of nitrogens with zero attached hydrogens (tertiary/aromatic N) is 2. The Labute approximate surface area is 206 Å². The number of anilines is 1. The van der Waals surface area contributed by atoms with Crippen molar-refractivity contribution in [2.75, 3.05) is 32.8 Å². The highest BCUT2D eigenvalue weighted by Gasteiger charge is 2.48. The van der Waals surface area contributed by atoms with Crippen molar-refractivity contribution in [2.24, 2.45) is 0 Å². The predicted octanol–water partition coefficient (Wildman–Crippen LogP) is 2.87. The third kappa shape index (κ3) is 4.97. The summed E-state index contributed by atoms with van der Waals surface area (Å²) in [6.45, 7) is 6.90. The number of methoxy groups -OCH3 is 3. The maximum Gasteiger partial charge on any atom is 0.252 e. The normalized spacial score (nSPS) is 16.6. The molecule has 0 radical (unpaired) electrons. The van der Waals surface area contributed by atoms with E-state index >= 15 is 0 Å². The Morgan fingerprint density at radius 2 is 1.51 bits per heavy atom. The van der Waals surface area contributed by atoms with Gasteiger partial charge in [0.05, 0.1) is 30.7 Å². The summed E-state index contributed by atoms with van der Waals surface area (Å²) in [5, 5.41) is 0. The van der Waals surface area contributed by atoms with Gasteiger partial charge in [-0.2, -0.15) is 4.31 Å². The number of hydrogen-bond acceptors (Lipinski definition) is 7. The Morgan fingerprint density at radius 3 is 2.00 bits per heavy atom. The van der Waals surface area contributed by atoms with Crippen molar-refractivity contribution in [1.82, 2.24) is 4.31 Å². The molecule has 2 amide bonds. The molecule has 0 N–H and O–H groups in total. The van der Waals surface area contributed by atoms with Gasteiger partial charge in [-0.15, -0.1) is 0 Å². The van der Waals surface area contributed by atoms with Gasteiger partial charge in [0.25, 0.3) is 5.91 Å². The van der Waals surface area contributed by atoms with Gasteiger partial charge in [0.1, 0.15) is 11.8 Å². The Bertz CT molecular complexity index is 1200. The molecule has 1 atom stereocenters. The van der Waals surface area contributed by atoms with Crippen molar-refractivity contribution in [3.63, 3.8) is 0 Å². The minimum absolute atomic E-state index is 0.129. The van der Waals surface area contributed by atoms with Crippen LogP contribution in [0.3, 0.4) is 0 Å². The quantitative estimate of drug-likeness (QED) is 0.382. The monoisotopic (exact) mass is 504 g/mol. The van der Waals surface area contributed by atoms with E-state index in [2.05, 4.69) is 0 Å². The summed E-state index contributed by atoms with van der Waals surface area (Å²) in [6, 6.07) is 7.11. The highest BCUT2D eigenvalue weighted by molar-refractivity contribution is 7.89. The van der Waals surface area contributed by atoms with E-state index in [9.17, 15) is 18.0 Å². The van der Waals surface area contributed by atoms with Gasteiger partial charge in [-0.25, -0.2) is 13.3 Å². The first kappa shape index (κ1) is 26.8. The zero-order valence-electron chi connectivity index (χ0n) is 21.1. The molecule has 190 valence electrons. The number of rotatable bonds is 9. The first-order valence-electron chi connectivity index (χ1n) is 11.1. The van der Waals surface area contributed by atoms with Crippen LogP contribution in [-0.4, -0.2) is 64.7 Å². The fourth-order valence-corrected chi connectivity index (χ4v) is 6.46. The van der Waals surface area contributed by atoms with E-state index in [0.717, 1.165) is 20.3 Å². The molecular weight excluding hydrogens is 472 g/mol. The standard InChI is InChI=1S/C25H32N2O7S/c1-15-12-16(2)18(4)24(17(15)3)35(30,31)26(14-23(33-6)34-7)21-13-22(28)27(25(21)29)19-8-10-20(32-5)11-9-19/h8-12,21,23H,13-14H2,1-7H3. The molecule has 1 saturated heterocycles. The molecule has 10 heteroatoms. The molecule has 0 aliphatic carbocycles. The van der Waals surface area contributed by atoms with E-state index in [1.165, 1.54) is 21.3 Å². The maximum atomic E-state index is 14.1. The number of ether oxygens (including phenoxy) is 3. The summed E-state index contributed by atoms with van der Waals surface area (Å²) in [5.74, 6) is -0.558. The van der Waals surface area contributed by atoms with E-state index in [1.807, 2.05) is 19.9 Å². The van der Waals surface area contributed by atoms with E-state index < -0.39 is 34.2 Å². The third-order valence-electron chi connectivity index (χ3n) is 6.52. The minimum atomic E-state index is -4.23. The van der Waals surface area contributed by atoms with Crippen molar-refractivity contribution in [1.29, 1.82) is 0 Å². The molecule has 1 aliphatic rings. The second kappa shape index (κ2) is 10.4. The summed E-state index contributed by atoms with van der Waals surface area (Å²) < 4.78 is 45.0. The van der Waals surface area contributed by atoms with Gasteiger partial charge in [-0.05, 0) is 74.2 Å². The number of aryl methyl sites for hydroxylation is 2. The smallest absolute Gasteiger partial charge is 0.252 e. The van der Waals surface area contributed by atoms with Crippen molar-refractivity contribution >= 4 is 27.5 Å². The highest BCUT2D eigenvalue weighted by Crippen LogP contribution is 2.34. The lowest BCUT2D eigenvalue weighted by molar-refractivity contribution is -0.125. The molecule has 0 aromatic heterocycles. The number of imide groups is 1. The highest BCUT2D eigenvalue weighted by atomic mass is 32.2. The van der Waals surface area contributed by atoms with Crippen LogP contribution in [0.5, 0.6) is 5.75 Å². The number of carbonyl (C=O) groups excluding carboxylic acids is 2. The van der Waals surface area contributed by atoms with Crippen molar-refractivity contribution in [3.8, 4) is 5.75 Å². The first-order chi connectivity index (χ1) is 16.5. The molecule has 3 rings (SSSR count). The van der Waals surface area contributed by atoms with Crippen LogP contribution in [0, 0.1) is 27.7 Å². The molecule has 2 aromatic rings. The van der Waals surface area contributed by atoms with E-state index in [-0.39, 0.29) is 17.9 Å². The summed E-state index contributed by atoms with van der Waals surface area (Å²) >= 11 is 0. The number of hydrogen-bond donors (Lipinski definition) is 0. The van der Waals surface area contributed by atoms with Gasteiger partial charge in [0.2, 0.25) is 15.9 Å². The van der Waals surface area contributed by atoms with Crippen LogP contribution >= 0.6 is 0 Å². The number of amides is 2. The second-order valence-corrected chi connectivity index (χ2v) is 10.4. The first-order valence-corrected chi connectivity index (χ1v) is 12.6. The van der Waals surface area contributed by atoms with Crippen LogP contribution in [0.4, 0.5) is 5.69 Å². The molecule has 1 fully saturated rings. The average molecular weight is 505 g/mol. The molecule has 0 saturated carbocycles. The van der Waals surface area contributed by atoms with Crippen LogP contribution < -0.4 is 9.64 Å². The Morgan fingerprint density at radius 1 is 0.971 bits per heavy atom. The largest absolute Gasteiger partial charge is 0.497 e. The minimum Gasteiger partial charge on any atom is -0.497 e. The van der Waals surface area contributed by atoms with E-state index in [1.54, 1.807) is 38.1 Å². The molecule has 1 aliphatic heterocycles. The van der Waals surface area contributed by atoms with Gasteiger partial charge in [0.15, 0.2) is 6.29 Å². The molecule has 0 spiro atoms. The molecule has 1 unspecified atom stereocenters. The Balaban J connectivity index is 2.11. The molecular formula is C25H32N2O7S. The van der Waals surface area contributed by atoms with Crippen LogP contribution in [0.2, 0.25) is 0 Å². The van der Waals surface area contributed by atoms with E-state index in [0.29, 0.717) is 22.6 Å². The van der Waals surface area contributed by atoms with Crippen molar-refractivity contribution in [2.45, 2.75) is 51.3 Å². The molecule has 1 heterocycles. The van der Waals surface area contributed by atoms with Gasteiger partial charge >= 0.3 is 0 Å². The third-order valence-corrected chi connectivity index (χ3v) is 8.67. The van der Waals surface area contributed by atoms with Crippen molar-refractivity contribution < 1.29 is 32.2 Å². The predicted molar refractivity (Wildman–Crippen MR) is 131 cm³/mol. The Hall–Kier alpha value is -2.79. The van der Waals surface area contributed by atoms with Crippen LogP contribution in [0.1, 0.15) is 28.7 Å². The molecule has 35 heavy (non-hydrogen) atoms. The summed E-state index contributed by atoms with van der Waals surface area (Å²) in [4.78, 5) is 27.7. The summed E-state index contributed by atoms with van der Waals surface area (Å²) in [7, 11) is 0.0607. The number of sulfonamides is 1. The number of carbonyl (C=O) groups is 2. The van der Waals surface area contributed by atoms with Gasteiger partial charge in [-0.1, -0.05) is 6.07 Å². The van der Waals surface area contributed by atoms with Gasteiger partial charge < -0.3 is 14.2 Å². The summed E-state index contributed by atoms with van der Waals surface area (Å²) in [6.07, 6.45) is -1.23. The molecule has 9 nitrogen and oxygen atoms in total. The zero-order valence-corrected chi connectivity index (χ0v) is 21.9.